The Morgan fingerprint density at radius 1 is 1.47 bits per heavy atom. The number of piperidine rings is 1. The first-order valence-electron chi connectivity index (χ1n) is 6.51. The molecule has 0 saturated carbocycles. The van der Waals surface area contributed by atoms with E-state index in [4.69, 9.17) is 4.74 Å². The monoisotopic (exact) mass is 304 g/mol. The van der Waals surface area contributed by atoms with Gasteiger partial charge in [-0.25, -0.2) is 13.4 Å². The standard InChI is InChI=1S/C12H20N2O3S2/c1-4-17-11-6-5-7-14(8-11)19(15,16)12-9(2)13-10(3)18-12/h11H,4-8H2,1-3H3. The van der Waals surface area contributed by atoms with Crippen LogP contribution in [0.25, 0.3) is 0 Å². The van der Waals surface area contributed by atoms with E-state index in [0.717, 1.165) is 17.8 Å². The summed E-state index contributed by atoms with van der Waals surface area (Å²) in [4.78, 5) is 4.21. The lowest BCUT2D eigenvalue weighted by Crippen LogP contribution is -2.43. The summed E-state index contributed by atoms with van der Waals surface area (Å²) in [5, 5.41) is 0.787. The highest BCUT2D eigenvalue weighted by Crippen LogP contribution is 2.28. The van der Waals surface area contributed by atoms with Crippen molar-refractivity contribution in [3.8, 4) is 0 Å². The summed E-state index contributed by atoms with van der Waals surface area (Å²) >= 11 is 1.25. The number of rotatable bonds is 4. The molecule has 0 radical (unpaired) electrons. The van der Waals surface area contributed by atoms with E-state index < -0.39 is 10.0 Å². The predicted octanol–water partition coefficient (Wildman–Crippen LogP) is 1.95. The van der Waals surface area contributed by atoms with Gasteiger partial charge < -0.3 is 4.74 Å². The van der Waals surface area contributed by atoms with Crippen molar-refractivity contribution >= 4 is 21.4 Å². The number of sulfonamides is 1. The normalized spacial score (nSPS) is 21.7. The van der Waals surface area contributed by atoms with Gasteiger partial charge in [-0.2, -0.15) is 4.31 Å². The summed E-state index contributed by atoms with van der Waals surface area (Å²) in [5.41, 5.74) is 0.598. The Balaban J connectivity index is 2.22. The first kappa shape index (κ1) is 14.9. The largest absolute Gasteiger partial charge is 0.377 e. The van der Waals surface area contributed by atoms with E-state index in [1.807, 2.05) is 13.8 Å². The third-order valence-electron chi connectivity index (χ3n) is 3.18. The molecule has 1 aliphatic heterocycles. The van der Waals surface area contributed by atoms with Gasteiger partial charge in [0.25, 0.3) is 10.0 Å². The van der Waals surface area contributed by atoms with Crippen LogP contribution in [0.15, 0.2) is 4.21 Å². The first-order valence-corrected chi connectivity index (χ1v) is 8.76. The van der Waals surface area contributed by atoms with Crippen molar-refractivity contribution in [2.75, 3.05) is 19.7 Å². The first-order chi connectivity index (χ1) is 8.95. The number of aryl methyl sites for hydroxylation is 2. The lowest BCUT2D eigenvalue weighted by Gasteiger charge is -2.31. The molecule has 1 fully saturated rings. The van der Waals surface area contributed by atoms with Crippen molar-refractivity contribution in [1.82, 2.24) is 9.29 Å². The lowest BCUT2D eigenvalue weighted by molar-refractivity contribution is 0.0265. The molecule has 1 aromatic rings. The molecule has 5 nitrogen and oxygen atoms in total. The lowest BCUT2D eigenvalue weighted by atomic mass is 10.1. The second kappa shape index (κ2) is 5.87. The van der Waals surface area contributed by atoms with Crippen LogP contribution in [0.3, 0.4) is 0 Å². The highest BCUT2D eigenvalue weighted by atomic mass is 32.2. The second-order valence-electron chi connectivity index (χ2n) is 4.69. The molecule has 2 rings (SSSR count). The predicted molar refractivity (Wildman–Crippen MR) is 75.0 cm³/mol. The van der Waals surface area contributed by atoms with Crippen LogP contribution in [0.2, 0.25) is 0 Å². The number of thiazole rings is 1. The van der Waals surface area contributed by atoms with Crippen LogP contribution in [-0.2, 0) is 14.8 Å². The molecule has 0 amide bonds. The molecule has 1 aromatic heterocycles. The smallest absolute Gasteiger partial charge is 0.254 e. The molecule has 19 heavy (non-hydrogen) atoms. The zero-order chi connectivity index (χ0) is 14.0. The number of aromatic nitrogens is 1. The quantitative estimate of drug-likeness (QED) is 0.853. The van der Waals surface area contributed by atoms with Crippen LogP contribution in [0.4, 0.5) is 0 Å². The average Bonchev–Trinajstić information content (AvgIpc) is 2.70. The Morgan fingerprint density at radius 3 is 2.79 bits per heavy atom. The molecular weight excluding hydrogens is 284 g/mol. The minimum Gasteiger partial charge on any atom is -0.377 e. The molecule has 1 unspecified atom stereocenters. The summed E-state index contributed by atoms with van der Waals surface area (Å²) in [5.74, 6) is 0. The molecule has 0 aromatic carbocycles. The molecule has 0 spiro atoms. The molecule has 1 aliphatic rings. The number of hydrogen-bond acceptors (Lipinski definition) is 5. The van der Waals surface area contributed by atoms with Crippen LogP contribution in [-0.4, -0.2) is 43.5 Å². The Hall–Kier alpha value is -0.500. The van der Waals surface area contributed by atoms with E-state index in [-0.39, 0.29) is 6.10 Å². The van der Waals surface area contributed by atoms with Gasteiger partial charge in [-0.3, -0.25) is 0 Å². The van der Waals surface area contributed by atoms with E-state index >= 15 is 0 Å². The Morgan fingerprint density at radius 2 is 2.21 bits per heavy atom. The fraction of sp³-hybridized carbons (Fsp3) is 0.750. The van der Waals surface area contributed by atoms with E-state index in [2.05, 4.69) is 4.98 Å². The fourth-order valence-corrected chi connectivity index (χ4v) is 5.49. The van der Waals surface area contributed by atoms with Crippen molar-refractivity contribution in [2.24, 2.45) is 0 Å². The van der Waals surface area contributed by atoms with Gasteiger partial charge in [0.05, 0.1) is 16.8 Å². The number of hydrogen-bond donors (Lipinski definition) is 0. The summed E-state index contributed by atoms with van der Waals surface area (Å²) < 4.78 is 32.7. The van der Waals surface area contributed by atoms with Gasteiger partial charge in [-0.1, -0.05) is 0 Å². The van der Waals surface area contributed by atoms with Gasteiger partial charge in [0.1, 0.15) is 0 Å². The minimum atomic E-state index is -3.41. The van der Waals surface area contributed by atoms with E-state index in [0.29, 0.717) is 29.6 Å². The molecule has 0 N–H and O–H groups in total. The van der Waals surface area contributed by atoms with Crippen LogP contribution < -0.4 is 0 Å². The molecule has 7 heteroatoms. The van der Waals surface area contributed by atoms with E-state index in [1.165, 1.54) is 15.6 Å². The van der Waals surface area contributed by atoms with Gasteiger partial charge >= 0.3 is 0 Å². The average molecular weight is 304 g/mol. The molecule has 1 saturated heterocycles. The van der Waals surface area contributed by atoms with Gasteiger partial charge in [0.2, 0.25) is 0 Å². The van der Waals surface area contributed by atoms with Crippen LogP contribution in [0.1, 0.15) is 30.5 Å². The molecule has 1 atom stereocenters. The minimum absolute atomic E-state index is 0.0165. The summed E-state index contributed by atoms with van der Waals surface area (Å²) in [6.07, 6.45) is 1.80. The van der Waals surface area contributed by atoms with Crippen molar-refractivity contribution in [2.45, 2.75) is 43.9 Å². The van der Waals surface area contributed by atoms with Crippen molar-refractivity contribution in [1.29, 1.82) is 0 Å². The fourth-order valence-electron chi connectivity index (χ4n) is 2.36. The van der Waals surface area contributed by atoms with Gasteiger partial charge in [0.15, 0.2) is 4.21 Å². The van der Waals surface area contributed by atoms with Crippen molar-refractivity contribution in [3.05, 3.63) is 10.7 Å². The van der Waals surface area contributed by atoms with Gasteiger partial charge in [0, 0.05) is 19.7 Å². The zero-order valence-corrected chi connectivity index (χ0v) is 13.2. The highest BCUT2D eigenvalue weighted by Gasteiger charge is 2.33. The van der Waals surface area contributed by atoms with Crippen LogP contribution in [0, 0.1) is 13.8 Å². The van der Waals surface area contributed by atoms with E-state index in [1.54, 1.807) is 6.92 Å². The summed E-state index contributed by atoms with van der Waals surface area (Å²) in [6, 6.07) is 0. The third-order valence-corrected chi connectivity index (χ3v) is 6.70. The molecule has 0 bridgehead atoms. The maximum atomic E-state index is 12.6. The van der Waals surface area contributed by atoms with Gasteiger partial charge in [-0.05, 0) is 33.6 Å². The van der Waals surface area contributed by atoms with Gasteiger partial charge in [-0.15, -0.1) is 11.3 Å². The second-order valence-corrected chi connectivity index (χ2v) is 8.02. The third kappa shape index (κ3) is 3.16. The Labute approximate surface area is 118 Å². The Kier molecular flexibility index (Phi) is 4.60. The number of nitrogens with zero attached hydrogens (tertiary/aromatic N) is 2. The Bertz CT molecular complexity index is 537. The summed E-state index contributed by atoms with van der Waals surface area (Å²) in [7, 11) is -3.41. The molecular formula is C12H20N2O3S2. The number of ether oxygens (including phenoxy) is 1. The van der Waals surface area contributed by atoms with E-state index in [9.17, 15) is 8.42 Å². The maximum absolute atomic E-state index is 12.6. The molecule has 0 aliphatic carbocycles. The zero-order valence-electron chi connectivity index (χ0n) is 11.5. The van der Waals surface area contributed by atoms with Crippen LogP contribution in [0.5, 0.6) is 0 Å². The topological polar surface area (TPSA) is 59.5 Å². The van der Waals surface area contributed by atoms with Crippen LogP contribution >= 0.6 is 11.3 Å². The molecule has 108 valence electrons. The SMILES string of the molecule is CCOC1CCCN(S(=O)(=O)c2sc(C)nc2C)C1. The van der Waals surface area contributed by atoms with Crippen molar-refractivity contribution in [3.63, 3.8) is 0 Å². The highest BCUT2D eigenvalue weighted by molar-refractivity contribution is 7.91. The maximum Gasteiger partial charge on any atom is 0.254 e. The molecule has 2 heterocycles. The van der Waals surface area contributed by atoms with Crippen molar-refractivity contribution < 1.29 is 13.2 Å². The summed E-state index contributed by atoms with van der Waals surface area (Å²) in [6.45, 7) is 7.16.